The van der Waals surface area contributed by atoms with Gasteiger partial charge in [0.2, 0.25) is 0 Å². The fourth-order valence-corrected chi connectivity index (χ4v) is 1.09. The highest BCUT2D eigenvalue weighted by Gasteiger charge is 2.15. The van der Waals surface area contributed by atoms with Gasteiger partial charge in [-0.05, 0) is 12.8 Å². The number of hydrogen-bond acceptors (Lipinski definition) is 7. The van der Waals surface area contributed by atoms with Crippen LogP contribution in [0.5, 0.6) is 0 Å². The average Bonchev–Trinajstić information content (AvgIpc) is 2.42. The molecule has 0 radical (unpaired) electrons. The van der Waals surface area contributed by atoms with Crippen LogP contribution in [-0.2, 0) is 24.0 Å². The van der Waals surface area contributed by atoms with E-state index in [4.69, 9.17) is 14.6 Å². The third-order valence-electron chi connectivity index (χ3n) is 2.12. The topological polar surface area (TPSA) is 101 Å². The molecule has 0 aromatic heterocycles. The van der Waals surface area contributed by atoms with E-state index in [1.54, 1.807) is 0 Å². The summed E-state index contributed by atoms with van der Waals surface area (Å²) in [5.74, 6) is 0. The van der Waals surface area contributed by atoms with Crippen molar-refractivity contribution in [1.82, 2.24) is 0 Å². The number of carboxylic acid groups (broad SMARTS) is 1. The van der Waals surface area contributed by atoms with Gasteiger partial charge in [0.15, 0.2) is 6.29 Å². The molecule has 20 heavy (non-hydrogen) atoms. The Bertz CT molecular complexity index is 258. The lowest BCUT2D eigenvalue weighted by Crippen LogP contribution is -2.26. The SMILES string of the molecule is CCCCOC(COC(=O)OOC(=O)O)OCCCC. The third kappa shape index (κ3) is 11.5. The molecular weight excluding hydrogens is 272 g/mol. The maximum Gasteiger partial charge on any atom is 0.550 e. The van der Waals surface area contributed by atoms with Crippen molar-refractivity contribution in [3.8, 4) is 0 Å². The minimum atomic E-state index is -1.74. The molecule has 8 heteroatoms. The average molecular weight is 294 g/mol. The van der Waals surface area contributed by atoms with Gasteiger partial charge in [-0.25, -0.2) is 9.68 Å². The van der Waals surface area contributed by atoms with E-state index in [9.17, 15) is 9.59 Å². The fraction of sp³-hybridized carbons (Fsp3) is 0.833. The van der Waals surface area contributed by atoms with E-state index in [-0.39, 0.29) is 6.61 Å². The molecule has 0 fully saturated rings. The molecule has 0 aliphatic rings. The molecule has 0 amide bonds. The van der Waals surface area contributed by atoms with Crippen LogP contribution in [0.2, 0.25) is 0 Å². The van der Waals surface area contributed by atoms with E-state index < -0.39 is 18.6 Å². The van der Waals surface area contributed by atoms with Crippen molar-refractivity contribution in [2.45, 2.75) is 45.8 Å². The van der Waals surface area contributed by atoms with E-state index in [1.807, 2.05) is 13.8 Å². The summed E-state index contributed by atoms with van der Waals surface area (Å²) < 4.78 is 15.4. The highest BCUT2D eigenvalue weighted by atomic mass is 17.3. The van der Waals surface area contributed by atoms with Crippen LogP contribution in [0.15, 0.2) is 0 Å². The van der Waals surface area contributed by atoms with Gasteiger partial charge in [-0.15, -0.1) is 0 Å². The molecule has 0 aliphatic heterocycles. The first-order valence-electron chi connectivity index (χ1n) is 6.57. The maximum atomic E-state index is 11.0. The first kappa shape index (κ1) is 18.5. The zero-order valence-electron chi connectivity index (χ0n) is 11.8. The first-order valence-corrected chi connectivity index (χ1v) is 6.57. The van der Waals surface area contributed by atoms with Gasteiger partial charge in [0.25, 0.3) is 0 Å². The summed E-state index contributed by atoms with van der Waals surface area (Å²) in [5.41, 5.74) is 0. The molecule has 0 spiro atoms. The highest BCUT2D eigenvalue weighted by Crippen LogP contribution is 2.02. The van der Waals surface area contributed by atoms with Gasteiger partial charge in [-0.2, -0.15) is 9.68 Å². The van der Waals surface area contributed by atoms with Crippen molar-refractivity contribution in [1.29, 1.82) is 0 Å². The zero-order chi connectivity index (χ0) is 15.2. The molecule has 0 unspecified atom stereocenters. The lowest BCUT2D eigenvalue weighted by molar-refractivity contribution is -0.224. The van der Waals surface area contributed by atoms with Crippen LogP contribution >= 0.6 is 0 Å². The smallest absolute Gasteiger partial charge is 0.447 e. The van der Waals surface area contributed by atoms with Crippen LogP contribution in [0.25, 0.3) is 0 Å². The molecule has 118 valence electrons. The molecule has 0 aromatic rings. The Morgan fingerprint density at radius 2 is 1.55 bits per heavy atom. The Kier molecular flexibility index (Phi) is 11.5. The van der Waals surface area contributed by atoms with E-state index in [0.717, 1.165) is 25.7 Å². The Morgan fingerprint density at radius 1 is 1.00 bits per heavy atom. The Labute approximate surface area is 117 Å². The van der Waals surface area contributed by atoms with E-state index in [0.29, 0.717) is 13.2 Å². The van der Waals surface area contributed by atoms with E-state index in [2.05, 4.69) is 14.5 Å². The molecule has 0 bridgehead atoms. The van der Waals surface area contributed by atoms with Crippen molar-refractivity contribution in [3.63, 3.8) is 0 Å². The predicted molar refractivity (Wildman–Crippen MR) is 67.1 cm³/mol. The number of unbranched alkanes of at least 4 members (excludes halogenated alkanes) is 2. The summed E-state index contributed by atoms with van der Waals surface area (Å²) in [5, 5.41) is 8.12. The highest BCUT2D eigenvalue weighted by molar-refractivity contribution is 5.62. The molecule has 0 saturated heterocycles. The van der Waals surface area contributed by atoms with Gasteiger partial charge >= 0.3 is 12.3 Å². The monoisotopic (exact) mass is 294 g/mol. The van der Waals surface area contributed by atoms with Gasteiger partial charge in [-0.1, -0.05) is 26.7 Å². The first-order chi connectivity index (χ1) is 9.60. The Hall–Kier alpha value is -1.54. The van der Waals surface area contributed by atoms with Gasteiger partial charge in [0.1, 0.15) is 6.61 Å². The predicted octanol–water partition coefficient (Wildman–Crippen LogP) is 2.71. The lowest BCUT2D eigenvalue weighted by Gasteiger charge is -2.17. The minimum absolute atomic E-state index is 0.199. The van der Waals surface area contributed by atoms with Crippen molar-refractivity contribution >= 4 is 12.3 Å². The van der Waals surface area contributed by atoms with E-state index >= 15 is 0 Å². The summed E-state index contributed by atoms with van der Waals surface area (Å²) in [6.45, 7) is 4.81. The number of hydrogen-bond donors (Lipinski definition) is 1. The maximum absolute atomic E-state index is 11.0. The number of carbonyl (C=O) groups excluding carboxylic acids is 1. The minimum Gasteiger partial charge on any atom is -0.447 e. The summed E-state index contributed by atoms with van der Waals surface area (Å²) in [6.07, 6.45) is -0.0490. The normalized spacial score (nSPS) is 10.3. The summed E-state index contributed by atoms with van der Waals surface area (Å²) in [4.78, 5) is 28.4. The molecule has 0 aromatic carbocycles. The quantitative estimate of drug-likeness (QED) is 0.216. The largest absolute Gasteiger partial charge is 0.550 e. The summed E-state index contributed by atoms with van der Waals surface area (Å²) in [6, 6.07) is 0. The second-order valence-electron chi connectivity index (χ2n) is 3.87. The van der Waals surface area contributed by atoms with Crippen LogP contribution in [0.4, 0.5) is 9.59 Å². The molecule has 8 nitrogen and oxygen atoms in total. The van der Waals surface area contributed by atoms with Crippen LogP contribution in [0.3, 0.4) is 0 Å². The second-order valence-corrected chi connectivity index (χ2v) is 3.87. The van der Waals surface area contributed by atoms with Gasteiger partial charge in [0, 0.05) is 13.2 Å². The van der Waals surface area contributed by atoms with Crippen molar-refractivity contribution in [2.75, 3.05) is 19.8 Å². The molecule has 0 aliphatic carbocycles. The molecule has 0 saturated carbocycles. The second kappa shape index (κ2) is 12.5. The number of ether oxygens (including phenoxy) is 3. The van der Waals surface area contributed by atoms with Crippen molar-refractivity contribution in [3.05, 3.63) is 0 Å². The van der Waals surface area contributed by atoms with Crippen LogP contribution in [0.1, 0.15) is 39.5 Å². The molecule has 0 atom stereocenters. The third-order valence-corrected chi connectivity index (χ3v) is 2.12. The molecule has 1 N–H and O–H groups in total. The summed E-state index contributed by atoms with van der Waals surface area (Å²) >= 11 is 0. The molecule has 0 heterocycles. The van der Waals surface area contributed by atoms with Crippen LogP contribution < -0.4 is 0 Å². The van der Waals surface area contributed by atoms with Gasteiger partial charge in [0.05, 0.1) is 0 Å². The van der Waals surface area contributed by atoms with Crippen molar-refractivity contribution < 1.29 is 38.7 Å². The Balaban J connectivity index is 3.92. The standard InChI is InChI=1S/C12H22O8/c1-3-5-7-16-10(17-8-6-4-2)9-18-12(15)20-19-11(13)14/h10H,3-9H2,1-2H3,(H,13,14). The lowest BCUT2D eigenvalue weighted by atomic mass is 10.3. The molecule has 0 rings (SSSR count). The Morgan fingerprint density at radius 3 is 2.00 bits per heavy atom. The van der Waals surface area contributed by atoms with Gasteiger partial charge in [-0.3, -0.25) is 0 Å². The van der Waals surface area contributed by atoms with Crippen LogP contribution in [0, 0.1) is 0 Å². The summed E-state index contributed by atoms with van der Waals surface area (Å²) in [7, 11) is 0. The fourth-order valence-electron chi connectivity index (χ4n) is 1.09. The number of carbonyl (C=O) groups is 2. The van der Waals surface area contributed by atoms with Gasteiger partial charge < -0.3 is 19.3 Å². The number of rotatable bonds is 10. The van der Waals surface area contributed by atoms with Crippen LogP contribution in [-0.4, -0.2) is 43.5 Å². The molecular formula is C12H22O8. The van der Waals surface area contributed by atoms with Crippen molar-refractivity contribution in [2.24, 2.45) is 0 Å². The zero-order valence-corrected chi connectivity index (χ0v) is 11.8. The van der Waals surface area contributed by atoms with E-state index in [1.165, 1.54) is 0 Å².